The zero-order valence-electron chi connectivity index (χ0n) is 8.97. The first-order valence-electron chi connectivity index (χ1n) is 4.90. The number of hydrogen-bond acceptors (Lipinski definition) is 3. The number of benzene rings is 1. The Morgan fingerprint density at radius 2 is 1.94 bits per heavy atom. The lowest BCUT2D eigenvalue weighted by atomic mass is 10.2. The molecule has 2 N–H and O–H groups in total. The van der Waals surface area contributed by atoms with Gasteiger partial charge in [0, 0.05) is 12.5 Å². The highest BCUT2D eigenvalue weighted by Gasteiger charge is 2.00. The van der Waals surface area contributed by atoms with Gasteiger partial charge in [-0.15, -0.1) is 0 Å². The fourth-order valence-corrected chi connectivity index (χ4v) is 1.03. The minimum atomic E-state index is -0.499. The van der Waals surface area contributed by atoms with Crippen LogP contribution < -0.4 is 10.5 Å². The number of amides is 1. The van der Waals surface area contributed by atoms with Crippen molar-refractivity contribution in [3.8, 4) is 5.75 Å². The first-order chi connectivity index (χ1) is 7.61. The van der Waals surface area contributed by atoms with Crippen molar-refractivity contribution in [1.29, 1.82) is 0 Å². The molecule has 0 saturated carbocycles. The number of carbonyl (C=O) groups is 2. The minimum Gasteiger partial charge on any atom is -0.427 e. The van der Waals surface area contributed by atoms with Crippen molar-refractivity contribution in [3.05, 3.63) is 35.9 Å². The van der Waals surface area contributed by atoms with E-state index >= 15 is 0 Å². The predicted octanol–water partition coefficient (Wildman–Crippen LogP) is 1.50. The minimum absolute atomic E-state index is 0.277. The van der Waals surface area contributed by atoms with Gasteiger partial charge in [0.15, 0.2) is 0 Å². The number of nitrogens with two attached hydrogens (primary N) is 1. The van der Waals surface area contributed by atoms with E-state index in [9.17, 15) is 9.59 Å². The molecule has 1 rings (SSSR count). The lowest BCUT2D eigenvalue weighted by Gasteiger charge is -2.02. The normalized spacial score (nSPS) is 10.3. The van der Waals surface area contributed by atoms with Crippen molar-refractivity contribution in [2.75, 3.05) is 0 Å². The molecule has 1 aromatic carbocycles. The van der Waals surface area contributed by atoms with Crippen molar-refractivity contribution in [1.82, 2.24) is 0 Å². The molecule has 0 aromatic heterocycles. The Morgan fingerprint density at radius 1 is 1.31 bits per heavy atom. The van der Waals surface area contributed by atoms with Crippen LogP contribution in [-0.4, -0.2) is 11.9 Å². The van der Waals surface area contributed by atoms with E-state index in [1.165, 1.54) is 6.08 Å². The quantitative estimate of drug-likeness (QED) is 0.474. The summed E-state index contributed by atoms with van der Waals surface area (Å²) in [6.45, 7) is 1.73. The molecule has 0 atom stereocenters. The molecule has 1 aromatic rings. The van der Waals surface area contributed by atoms with Gasteiger partial charge in [-0.1, -0.05) is 19.1 Å². The Bertz CT molecular complexity index is 407. The molecular formula is C12H13NO3. The monoisotopic (exact) mass is 219 g/mol. The highest BCUT2D eigenvalue weighted by Crippen LogP contribution is 2.13. The van der Waals surface area contributed by atoms with Crippen molar-refractivity contribution in [3.63, 3.8) is 0 Å². The van der Waals surface area contributed by atoms with Gasteiger partial charge < -0.3 is 10.5 Å². The molecular weight excluding hydrogens is 206 g/mol. The van der Waals surface area contributed by atoms with Crippen molar-refractivity contribution < 1.29 is 14.3 Å². The second-order valence-corrected chi connectivity index (χ2v) is 3.13. The molecule has 0 aliphatic rings. The molecule has 0 heterocycles. The molecule has 0 saturated heterocycles. The zero-order valence-corrected chi connectivity index (χ0v) is 8.97. The smallest absolute Gasteiger partial charge is 0.310 e. The molecule has 84 valence electrons. The molecule has 0 spiro atoms. The van der Waals surface area contributed by atoms with E-state index in [4.69, 9.17) is 10.5 Å². The maximum Gasteiger partial charge on any atom is 0.310 e. The summed E-state index contributed by atoms with van der Waals surface area (Å²) in [6, 6.07) is 6.79. The van der Waals surface area contributed by atoms with Crippen molar-refractivity contribution in [2.24, 2.45) is 5.73 Å². The summed E-state index contributed by atoms with van der Waals surface area (Å²) in [4.78, 5) is 21.5. The Labute approximate surface area is 93.7 Å². The summed E-state index contributed by atoms with van der Waals surface area (Å²) in [6.07, 6.45) is 3.20. The summed E-state index contributed by atoms with van der Waals surface area (Å²) in [5.41, 5.74) is 5.77. The molecule has 4 nitrogen and oxygen atoms in total. The van der Waals surface area contributed by atoms with Gasteiger partial charge in [0.25, 0.3) is 0 Å². The molecule has 0 radical (unpaired) electrons. The van der Waals surface area contributed by atoms with Crippen molar-refractivity contribution in [2.45, 2.75) is 13.3 Å². The molecule has 16 heavy (non-hydrogen) atoms. The van der Waals surface area contributed by atoms with Crippen LogP contribution in [0.2, 0.25) is 0 Å². The van der Waals surface area contributed by atoms with Gasteiger partial charge in [0.05, 0.1) is 0 Å². The predicted molar refractivity (Wildman–Crippen MR) is 60.6 cm³/mol. The maximum absolute atomic E-state index is 11.0. The Balaban J connectivity index is 2.68. The third kappa shape index (κ3) is 3.96. The molecule has 0 aliphatic heterocycles. The summed E-state index contributed by atoms with van der Waals surface area (Å²) < 4.78 is 4.99. The van der Waals surface area contributed by atoms with Crippen molar-refractivity contribution >= 4 is 18.0 Å². The molecule has 0 unspecified atom stereocenters. The van der Waals surface area contributed by atoms with Crippen LogP contribution in [0.5, 0.6) is 5.75 Å². The van der Waals surface area contributed by atoms with Crippen LogP contribution in [0.25, 0.3) is 6.08 Å². The molecule has 0 fully saturated rings. The largest absolute Gasteiger partial charge is 0.427 e. The van der Waals surface area contributed by atoms with E-state index in [1.807, 2.05) is 0 Å². The Morgan fingerprint density at radius 3 is 2.44 bits per heavy atom. The summed E-state index contributed by atoms with van der Waals surface area (Å²) in [5, 5.41) is 0. The van der Waals surface area contributed by atoms with Gasteiger partial charge in [-0.2, -0.15) is 0 Å². The lowest BCUT2D eigenvalue weighted by molar-refractivity contribution is -0.134. The van der Waals surface area contributed by atoms with E-state index in [-0.39, 0.29) is 5.97 Å². The van der Waals surface area contributed by atoms with Gasteiger partial charge in [-0.05, 0) is 23.8 Å². The fraction of sp³-hybridized carbons (Fsp3) is 0.167. The molecule has 1 amide bonds. The van der Waals surface area contributed by atoms with Crippen LogP contribution in [0.4, 0.5) is 0 Å². The third-order valence-electron chi connectivity index (χ3n) is 1.84. The maximum atomic E-state index is 11.0. The molecule has 0 aliphatic carbocycles. The van der Waals surface area contributed by atoms with Crippen LogP contribution in [-0.2, 0) is 9.59 Å². The van der Waals surface area contributed by atoms with Gasteiger partial charge in [-0.3, -0.25) is 9.59 Å². The molecule has 4 heteroatoms. The first kappa shape index (κ1) is 12.0. The van der Waals surface area contributed by atoms with Gasteiger partial charge >= 0.3 is 5.97 Å². The number of carbonyl (C=O) groups excluding carboxylic acids is 2. The van der Waals surface area contributed by atoms with Crippen LogP contribution in [0.1, 0.15) is 18.9 Å². The van der Waals surface area contributed by atoms with E-state index < -0.39 is 5.91 Å². The highest BCUT2D eigenvalue weighted by molar-refractivity contribution is 5.90. The Hall–Kier alpha value is -2.10. The summed E-state index contributed by atoms with van der Waals surface area (Å²) in [7, 11) is 0. The third-order valence-corrected chi connectivity index (χ3v) is 1.84. The van der Waals surface area contributed by atoms with Gasteiger partial charge in [0.2, 0.25) is 5.91 Å². The van der Waals surface area contributed by atoms with Gasteiger partial charge in [-0.25, -0.2) is 0 Å². The van der Waals surface area contributed by atoms with E-state index in [0.29, 0.717) is 12.2 Å². The standard InChI is InChI=1S/C12H13NO3/c1-2-12(15)16-10-6-3-9(4-7-10)5-8-11(13)14/h3-8H,2H2,1H3,(H2,13,14)/b8-5-. The van der Waals surface area contributed by atoms with Crippen LogP contribution in [0.3, 0.4) is 0 Å². The number of rotatable bonds is 4. The SMILES string of the molecule is CCC(=O)Oc1ccc(/C=C\C(N)=O)cc1. The second-order valence-electron chi connectivity index (χ2n) is 3.13. The van der Waals surface area contributed by atoms with E-state index in [1.54, 1.807) is 37.3 Å². The van der Waals surface area contributed by atoms with Gasteiger partial charge in [0.1, 0.15) is 5.75 Å². The highest BCUT2D eigenvalue weighted by atomic mass is 16.5. The number of primary amides is 1. The number of esters is 1. The summed E-state index contributed by atoms with van der Waals surface area (Å²) in [5.74, 6) is -0.287. The average Bonchev–Trinajstić information content (AvgIpc) is 2.28. The zero-order chi connectivity index (χ0) is 12.0. The molecule has 0 bridgehead atoms. The van der Waals surface area contributed by atoms with Crippen LogP contribution in [0, 0.1) is 0 Å². The summed E-state index contributed by atoms with van der Waals surface area (Å²) >= 11 is 0. The lowest BCUT2D eigenvalue weighted by Crippen LogP contribution is -2.05. The fourth-order valence-electron chi connectivity index (χ4n) is 1.03. The van der Waals surface area contributed by atoms with Crippen LogP contribution in [0.15, 0.2) is 30.3 Å². The topological polar surface area (TPSA) is 69.4 Å². The first-order valence-corrected chi connectivity index (χ1v) is 4.90. The van der Waals surface area contributed by atoms with E-state index in [2.05, 4.69) is 0 Å². The Kier molecular flexibility index (Phi) is 4.27. The van der Waals surface area contributed by atoms with E-state index in [0.717, 1.165) is 5.56 Å². The average molecular weight is 219 g/mol. The second kappa shape index (κ2) is 5.70. The number of ether oxygens (including phenoxy) is 1. The van der Waals surface area contributed by atoms with Crippen LogP contribution >= 0.6 is 0 Å². The number of hydrogen-bond donors (Lipinski definition) is 1.